The summed E-state index contributed by atoms with van der Waals surface area (Å²) in [6.07, 6.45) is 8.63. The van der Waals surface area contributed by atoms with Crippen LogP contribution in [0.2, 0.25) is 0 Å². The Kier molecular flexibility index (Phi) is 3.91. The van der Waals surface area contributed by atoms with E-state index >= 15 is 0 Å². The second kappa shape index (κ2) is 5.05. The molecule has 0 spiro atoms. The normalized spacial score (nSPS) is 35.4. The number of nitrogens with zero attached hydrogens (tertiary/aromatic N) is 1. The lowest BCUT2D eigenvalue weighted by atomic mass is 9.81. The molecule has 1 N–H and O–H groups in total. The fourth-order valence-corrected chi connectivity index (χ4v) is 3.60. The van der Waals surface area contributed by atoms with Crippen molar-refractivity contribution < 1.29 is 5.11 Å². The molecule has 0 aromatic rings. The Morgan fingerprint density at radius 1 is 1.19 bits per heavy atom. The van der Waals surface area contributed by atoms with Crippen LogP contribution in [0.4, 0.5) is 0 Å². The molecular weight excluding hydrogens is 198 g/mol. The Morgan fingerprint density at radius 2 is 1.88 bits per heavy atom. The summed E-state index contributed by atoms with van der Waals surface area (Å²) >= 11 is 0. The fraction of sp³-hybridized carbons (Fsp3) is 1.00. The number of aliphatic hydroxyl groups is 1. The van der Waals surface area contributed by atoms with Crippen LogP contribution < -0.4 is 0 Å². The van der Waals surface area contributed by atoms with Gasteiger partial charge in [0.25, 0.3) is 0 Å². The summed E-state index contributed by atoms with van der Waals surface area (Å²) in [4.78, 5) is 2.58. The van der Waals surface area contributed by atoms with Crippen molar-refractivity contribution in [3.8, 4) is 0 Å². The van der Waals surface area contributed by atoms with E-state index in [-0.39, 0.29) is 6.10 Å². The van der Waals surface area contributed by atoms with Crippen LogP contribution in [-0.2, 0) is 0 Å². The van der Waals surface area contributed by atoms with Gasteiger partial charge in [0.2, 0.25) is 0 Å². The van der Waals surface area contributed by atoms with Crippen molar-refractivity contribution in [2.75, 3.05) is 13.1 Å². The summed E-state index contributed by atoms with van der Waals surface area (Å²) in [5.74, 6) is 0. The molecule has 0 amide bonds. The van der Waals surface area contributed by atoms with Gasteiger partial charge in [0.05, 0.1) is 6.10 Å². The van der Waals surface area contributed by atoms with E-state index in [9.17, 15) is 5.11 Å². The lowest BCUT2D eigenvalue weighted by Gasteiger charge is -2.36. The maximum absolute atomic E-state index is 10.1. The minimum Gasteiger partial charge on any atom is -0.391 e. The zero-order chi connectivity index (χ0) is 11.6. The van der Waals surface area contributed by atoms with E-state index in [1.54, 1.807) is 0 Å². The molecule has 2 atom stereocenters. The Hall–Kier alpha value is -0.0800. The highest BCUT2D eigenvalue weighted by molar-refractivity contribution is 4.93. The van der Waals surface area contributed by atoms with Crippen LogP contribution in [0, 0.1) is 5.41 Å². The predicted octanol–water partition coefficient (Wildman–Crippen LogP) is 2.80. The first kappa shape index (κ1) is 12.4. The molecule has 2 fully saturated rings. The number of likely N-dealkylation sites (tertiary alicyclic amines) is 1. The van der Waals surface area contributed by atoms with Crippen LogP contribution in [-0.4, -0.2) is 35.2 Å². The average molecular weight is 225 g/mol. The molecule has 0 aromatic heterocycles. The van der Waals surface area contributed by atoms with Crippen molar-refractivity contribution >= 4 is 0 Å². The standard InChI is InChI=1S/C14H27NO/c1-3-14(4-2)9-10-15(11-14)12-7-5-6-8-13(12)16/h12-13,16H,3-11H2,1-2H3. The highest BCUT2D eigenvalue weighted by Crippen LogP contribution is 2.39. The minimum absolute atomic E-state index is 0.0572. The molecule has 0 radical (unpaired) electrons. The van der Waals surface area contributed by atoms with E-state index in [1.165, 1.54) is 51.6 Å². The van der Waals surface area contributed by atoms with Crippen molar-refractivity contribution in [3.63, 3.8) is 0 Å². The minimum atomic E-state index is -0.0572. The molecular formula is C14H27NO. The zero-order valence-electron chi connectivity index (χ0n) is 10.9. The largest absolute Gasteiger partial charge is 0.391 e. The number of hydrogen-bond acceptors (Lipinski definition) is 2. The van der Waals surface area contributed by atoms with Crippen molar-refractivity contribution in [1.82, 2.24) is 4.90 Å². The summed E-state index contributed by atoms with van der Waals surface area (Å²) in [5.41, 5.74) is 0.553. The third kappa shape index (κ3) is 2.28. The van der Waals surface area contributed by atoms with E-state index in [0.717, 1.165) is 6.42 Å². The van der Waals surface area contributed by atoms with Gasteiger partial charge in [-0.1, -0.05) is 26.7 Å². The van der Waals surface area contributed by atoms with Gasteiger partial charge in [-0.2, -0.15) is 0 Å². The Morgan fingerprint density at radius 3 is 2.44 bits per heavy atom. The summed E-state index contributed by atoms with van der Waals surface area (Å²) in [6.45, 7) is 7.08. The molecule has 2 heteroatoms. The van der Waals surface area contributed by atoms with E-state index < -0.39 is 0 Å². The molecule has 2 unspecified atom stereocenters. The third-order valence-electron chi connectivity index (χ3n) is 5.13. The molecule has 1 aliphatic heterocycles. The van der Waals surface area contributed by atoms with Gasteiger partial charge in [-0.3, -0.25) is 4.90 Å². The van der Waals surface area contributed by atoms with Gasteiger partial charge < -0.3 is 5.11 Å². The fourth-order valence-electron chi connectivity index (χ4n) is 3.60. The highest BCUT2D eigenvalue weighted by atomic mass is 16.3. The maximum atomic E-state index is 10.1. The molecule has 2 rings (SSSR count). The second-order valence-corrected chi connectivity index (χ2v) is 5.85. The molecule has 0 aromatic carbocycles. The molecule has 1 saturated carbocycles. The quantitative estimate of drug-likeness (QED) is 0.798. The lowest BCUT2D eigenvalue weighted by Crippen LogP contribution is -2.45. The summed E-state index contributed by atoms with van der Waals surface area (Å²) < 4.78 is 0. The highest BCUT2D eigenvalue weighted by Gasteiger charge is 2.40. The van der Waals surface area contributed by atoms with E-state index in [2.05, 4.69) is 18.7 Å². The summed E-state index contributed by atoms with van der Waals surface area (Å²) in [7, 11) is 0. The van der Waals surface area contributed by atoms with E-state index in [0.29, 0.717) is 11.5 Å². The Bertz CT molecular complexity index is 225. The van der Waals surface area contributed by atoms with Crippen LogP contribution in [0.25, 0.3) is 0 Å². The van der Waals surface area contributed by atoms with Crippen LogP contribution in [0.3, 0.4) is 0 Å². The zero-order valence-corrected chi connectivity index (χ0v) is 10.9. The Labute approximate surface area is 100 Å². The van der Waals surface area contributed by atoms with Gasteiger partial charge in [-0.15, -0.1) is 0 Å². The summed E-state index contributed by atoms with van der Waals surface area (Å²) in [6, 6.07) is 0.466. The Balaban J connectivity index is 1.96. The SMILES string of the molecule is CCC1(CC)CCN(C2CCCCC2O)C1. The van der Waals surface area contributed by atoms with Crippen molar-refractivity contribution in [2.45, 2.75) is 70.9 Å². The number of aliphatic hydroxyl groups excluding tert-OH is 1. The second-order valence-electron chi connectivity index (χ2n) is 5.85. The summed E-state index contributed by atoms with van der Waals surface area (Å²) in [5, 5.41) is 10.1. The first-order valence-corrected chi connectivity index (χ1v) is 7.13. The molecule has 16 heavy (non-hydrogen) atoms. The van der Waals surface area contributed by atoms with Crippen LogP contribution in [0.15, 0.2) is 0 Å². The first-order chi connectivity index (χ1) is 7.71. The molecule has 0 bridgehead atoms. The topological polar surface area (TPSA) is 23.5 Å². The first-order valence-electron chi connectivity index (χ1n) is 7.13. The number of hydrogen-bond donors (Lipinski definition) is 1. The van der Waals surface area contributed by atoms with Crippen LogP contribution in [0.5, 0.6) is 0 Å². The average Bonchev–Trinajstić information content (AvgIpc) is 2.75. The van der Waals surface area contributed by atoms with Gasteiger partial charge in [0, 0.05) is 12.6 Å². The maximum Gasteiger partial charge on any atom is 0.0695 e. The molecule has 1 saturated heterocycles. The van der Waals surface area contributed by atoms with Gasteiger partial charge in [0.15, 0.2) is 0 Å². The smallest absolute Gasteiger partial charge is 0.0695 e. The molecule has 2 nitrogen and oxygen atoms in total. The lowest BCUT2D eigenvalue weighted by molar-refractivity contribution is 0.0250. The van der Waals surface area contributed by atoms with Gasteiger partial charge in [-0.05, 0) is 44.1 Å². The van der Waals surface area contributed by atoms with Crippen molar-refractivity contribution in [1.29, 1.82) is 0 Å². The van der Waals surface area contributed by atoms with Crippen LogP contribution >= 0.6 is 0 Å². The number of rotatable bonds is 3. The van der Waals surface area contributed by atoms with Crippen LogP contribution in [0.1, 0.15) is 58.8 Å². The van der Waals surface area contributed by atoms with Gasteiger partial charge >= 0.3 is 0 Å². The molecule has 2 aliphatic rings. The molecule has 1 aliphatic carbocycles. The van der Waals surface area contributed by atoms with Gasteiger partial charge in [0.1, 0.15) is 0 Å². The van der Waals surface area contributed by atoms with E-state index in [4.69, 9.17) is 0 Å². The molecule has 94 valence electrons. The third-order valence-corrected chi connectivity index (χ3v) is 5.13. The van der Waals surface area contributed by atoms with E-state index in [1.807, 2.05) is 0 Å². The molecule has 1 heterocycles. The van der Waals surface area contributed by atoms with Crippen molar-refractivity contribution in [2.24, 2.45) is 5.41 Å². The van der Waals surface area contributed by atoms with Gasteiger partial charge in [-0.25, -0.2) is 0 Å². The predicted molar refractivity (Wildman–Crippen MR) is 67.5 cm³/mol. The van der Waals surface area contributed by atoms with Crippen molar-refractivity contribution in [3.05, 3.63) is 0 Å². The monoisotopic (exact) mass is 225 g/mol.